The maximum Gasteiger partial charge on any atom is 0.416 e. The number of pyridine rings is 1. The molecule has 2 aromatic heterocycles. The molecule has 0 unspecified atom stereocenters. The van der Waals surface area contributed by atoms with Crippen molar-refractivity contribution in [1.82, 2.24) is 9.97 Å². The minimum atomic E-state index is -4.46. The number of amides is 1. The first-order valence-corrected chi connectivity index (χ1v) is 10.3. The van der Waals surface area contributed by atoms with Crippen LogP contribution in [0.1, 0.15) is 32.6 Å². The number of hydrogen-bond acceptors (Lipinski definition) is 4. The number of hydrogen-bond donors (Lipinski definition) is 0. The lowest BCUT2D eigenvalue weighted by Crippen LogP contribution is -2.30. The Balaban J connectivity index is 1.77. The van der Waals surface area contributed by atoms with E-state index in [0.717, 1.165) is 39.0 Å². The molecule has 0 fully saturated rings. The lowest BCUT2D eigenvalue weighted by Gasteiger charge is -2.20. The number of aromatic nitrogens is 2. The molecule has 0 spiro atoms. The van der Waals surface area contributed by atoms with Gasteiger partial charge in [0.1, 0.15) is 0 Å². The van der Waals surface area contributed by atoms with Gasteiger partial charge < -0.3 is 0 Å². The molecular weight excluding hydrogens is 423 g/mol. The van der Waals surface area contributed by atoms with E-state index >= 15 is 0 Å². The van der Waals surface area contributed by atoms with Crippen LogP contribution in [-0.4, -0.2) is 15.9 Å². The largest absolute Gasteiger partial charge is 0.416 e. The molecule has 4 nitrogen and oxygen atoms in total. The van der Waals surface area contributed by atoms with Crippen molar-refractivity contribution in [2.45, 2.75) is 26.6 Å². The monoisotopic (exact) mass is 441 g/mol. The van der Waals surface area contributed by atoms with Crippen molar-refractivity contribution >= 4 is 32.6 Å². The first kappa shape index (κ1) is 21.0. The fourth-order valence-corrected chi connectivity index (χ4v) is 4.33. The van der Waals surface area contributed by atoms with Gasteiger partial charge in [-0.25, -0.2) is 4.98 Å². The van der Waals surface area contributed by atoms with Crippen LogP contribution in [0.2, 0.25) is 0 Å². The van der Waals surface area contributed by atoms with Gasteiger partial charge in [-0.3, -0.25) is 14.7 Å². The van der Waals surface area contributed by atoms with Crippen molar-refractivity contribution < 1.29 is 18.0 Å². The Morgan fingerprint density at radius 3 is 2.35 bits per heavy atom. The number of rotatable bonds is 4. The Kier molecular flexibility index (Phi) is 5.49. The summed E-state index contributed by atoms with van der Waals surface area (Å²) in [6.45, 7) is 4.13. The summed E-state index contributed by atoms with van der Waals surface area (Å²) >= 11 is 1.39. The van der Waals surface area contributed by atoms with Crippen molar-refractivity contribution in [2.24, 2.45) is 0 Å². The molecule has 0 N–H and O–H groups in total. The van der Waals surface area contributed by atoms with Gasteiger partial charge in [0.25, 0.3) is 5.91 Å². The maximum absolute atomic E-state index is 13.3. The molecule has 1 amide bonds. The van der Waals surface area contributed by atoms with Gasteiger partial charge in [-0.15, -0.1) is 0 Å². The predicted octanol–water partition coefficient (Wildman–Crippen LogP) is 6.17. The third-order valence-corrected chi connectivity index (χ3v) is 6.14. The summed E-state index contributed by atoms with van der Waals surface area (Å²) in [7, 11) is 0. The van der Waals surface area contributed by atoms with Crippen LogP contribution in [0.5, 0.6) is 0 Å². The maximum atomic E-state index is 13.3. The third kappa shape index (κ3) is 4.29. The lowest BCUT2D eigenvalue weighted by atomic mass is 10.1. The molecular formula is C23H18F3N3OS. The zero-order valence-corrected chi connectivity index (χ0v) is 17.6. The van der Waals surface area contributed by atoms with Gasteiger partial charge >= 0.3 is 6.18 Å². The SMILES string of the molecule is Cc1ccc(C)c2sc(N(Cc3cccnc3)C(=O)c3ccc(C(F)(F)F)cc3)nc12. The van der Waals surface area contributed by atoms with Crippen molar-refractivity contribution in [3.63, 3.8) is 0 Å². The molecule has 0 aliphatic rings. The van der Waals surface area contributed by atoms with E-state index in [1.165, 1.54) is 28.4 Å². The molecule has 0 saturated carbocycles. The number of halogens is 3. The smallest absolute Gasteiger partial charge is 0.279 e. The fourth-order valence-electron chi connectivity index (χ4n) is 3.22. The number of aryl methyl sites for hydroxylation is 2. The second-order valence-corrected chi connectivity index (χ2v) is 8.18. The van der Waals surface area contributed by atoms with Gasteiger partial charge in [-0.1, -0.05) is 29.5 Å². The van der Waals surface area contributed by atoms with Crippen LogP contribution in [0, 0.1) is 13.8 Å². The number of benzene rings is 2. The van der Waals surface area contributed by atoms with Crippen LogP contribution in [-0.2, 0) is 12.7 Å². The molecule has 4 aromatic rings. The standard InChI is InChI=1S/C23H18F3N3OS/c1-14-5-6-15(2)20-19(14)28-22(31-20)29(13-16-4-3-11-27-12-16)21(30)17-7-9-18(10-8-17)23(24,25)26/h3-12H,13H2,1-2H3. The molecule has 158 valence electrons. The van der Waals surface area contributed by atoms with Gasteiger partial charge in [0.05, 0.1) is 22.3 Å². The predicted molar refractivity (Wildman–Crippen MR) is 115 cm³/mol. The number of thiazole rings is 1. The lowest BCUT2D eigenvalue weighted by molar-refractivity contribution is -0.137. The highest BCUT2D eigenvalue weighted by atomic mass is 32.1. The van der Waals surface area contributed by atoms with Gasteiger partial charge in [-0.2, -0.15) is 13.2 Å². The fraction of sp³-hybridized carbons (Fsp3) is 0.174. The highest BCUT2D eigenvalue weighted by molar-refractivity contribution is 7.22. The van der Waals surface area contributed by atoms with Crippen LogP contribution in [0.25, 0.3) is 10.2 Å². The normalized spacial score (nSPS) is 11.6. The first-order chi connectivity index (χ1) is 14.7. The van der Waals surface area contributed by atoms with Gasteiger partial charge in [0.2, 0.25) is 0 Å². The Morgan fingerprint density at radius 1 is 1.03 bits per heavy atom. The van der Waals surface area contributed by atoms with E-state index in [2.05, 4.69) is 4.98 Å². The van der Waals surface area contributed by atoms with E-state index in [1.807, 2.05) is 32.0 Å². The molecule has 0 radical (unpaired) electrons. The topological polar surface area (TPSA) is 46.1 Å². The number of carbonyl (C=O) groups excluding carboxylic acids is 1. The number of alkyl halides is 3. The van der Waals surface area contributed by atoms with E-state index in [1.54, 1.807) is 18.5 Å². The molecule has 0 saturated heterocycles. The summed E-state index contributed by atoms with van der Waals surface area (Å²) in [6, 6.07) is 11.8. The number of anilines is 1. The summed E-state index contributed by atoms with van der Waals surface area (Å²) in [5.41, 5.74) is 3.00. The zero-order chi connectivity index (χ0) is 22.2. The Bertz CT molecular complexity index is 1200. The van der Waals surface area contributed by atoms with Crippen LogP contribution in [0.3, 0.4) is 0 Å². The minimum Gasteiger partial charge on any atom is -0.279 e. The molecule has 0 aliphatic heterocycles. The van der Waals surface area contributed by atoms with Gasteiger partial charge in [-0.05, 0) is 60.9 Å². The van der Waals surface area contributed by atoms with Crippen LogP contribution < -0.4 is 4.90 Å². The van der Waals surface area contributed by atoms with E-state index in [9.17, 15) is 18.0 Å². The highest BCUT2D eigenvalue weighted by Crippen LogP contribution is 2.35. The number of fused-ring (bicyclic) bond motifs is 1. The summed E-state index contributed by atoms with van der Waals surface area (Å²) in [5, 5.41) is 0.487. The molecule has 8 heteroatoms. The second-order valence-electron chi connectivity index (χ2n) is 7.20. The van der Waals surface area contributed by atoms with Crippen molar-refractivity contribution in [2.75, 3.05) is 4.90 Å². The Hall–Kier alpha value is -3.26. The van der Waals surface area contributed by atoms with Crippen LogP contribution >= 0.6 is 11.3 Å². The molecule has 31 heavy (non-hydrogen) atoms. The summed E-state index contributed by atoms with van der Waals surface area (Å²) in [5.74, 6) is -0.424. The van der Waals surface area contributed by atoms with Crippen molar-refractivity contribution in [3.8, 4) is 0 Å². The first-order valence-electron chi connectivity index (χ1n) is 9.49. The molecule has 4 rings (SSSR count). The average Bonchev–Trinajstić information content (AvgIpc) is 3.21. The van der Waals surface area contributed by atoms with E-state index in [0.29, 0.717) is 5.13 Å². The van der Waals surface area contributed by atoms with Gasteiger partial charge in [0, 0.05) is 18.0 Å². The summed E-state index contributed by atoms with van der Waals surface area (Å²) < 4.78 is 39.7. The molecule has 0 bridgehead atoms. The molecule has 2 heterocycles. The van der Waals surface area contributed by atoms with Crippen molar-refractivity contribution in [3.05, 3.63) is 88.7 Å². The second kappa shape index (κ2) is 8.11. The molecule has 0 aliphatic carbocycles. The molecule has 2 aromatic carbocycles. The van der Waals surface area contributed by atoms with Crippen molar-refractivity contribution in [1.29, 1.82) is 0 Å². The van der Waals surface area contributed by atoms with E-state index < -0.39 is 17.6 Å². The third-order valence-electron chi connectivity index (χ3n) is 4.93. The molecule has 0 atom stereocenters. The Labute approximate surface area is 181 Å². The number of carbonyl (C=O) groups is 1. The van der Waals surface area contributed by atoms with E-state index in [4.69, 9.17) is 4.98 Å². The highest BCUT2D eigenvalue weighted by Gasteiger charge is 2.31. The number of nitrogens with zero attached hydrogens (tertiary/aromatic N) is 3. The van der Waals surface area contributed by atoms with Gasteiger partial charge in [0.15, 0.2) is 5.13 Å². The average molecular weight is 441 g/mol. The van der Waals surface area contributed by atoms with E-state index in [-0.39, 0.29) is 12.1 Å². The van der Waals surface area contributed by atoms with Crippen LogP contribution in [0.4, 0.5) is 18.3 Å². The summed E-state index contributed by atoms with van der Waals surface area (Å²) in [4.78, 5) is 23.6. The minimum absolute atomic E-state index is 0.157. The quantitative estimate of drug-likeness (QED) is 0.380. The zero-order valence-electron chi connectivity index (χ0n) is 16.8. The van der Waals surface area contributed by atoms with Crippen LogP contribution in [0.15, 0.2) is 60.9 Å². The Morgan fingerprint density at radius 2 is 1.74 bits per heavy atom. The summed E-state index contributed by atoms with van der Waals surface area (Å²) in [6.07, 6.45) is -1.17.